The maximum absolute atomic E-state index is 5.74. The molecule has 0 aromatic heterocycles. The zero-order chi connectivity index (χ0) is 9.47. The first-order valence-electron chi connectivity index (χ1n) is 5.42. The second kappa shape index (κ2) is 3.25. The summed E-state index contributed by atoms with van der Waals surface area (Å²) in [6.07, 6.45) is 3.15. The Morgan fingerprint density at radius 1 is 1.31 bits per heavy atom. The largest absolute Gasteiger partial charge is 0.377 e. The molecular formula is C11H21NO. The first-order chi connectivity index (χ1) is 6.05. The molecule has 0 spiro atoms. The van der Waals surface area contributed by atoms with Crippen LogP contribution < -0.4 is 0 Å². The molecule has 0 N–H and O–H groups in total. The third-order valence-electron chi connectivity index (χ3n) is 3.34. The quantitative estimate of drug-likeness (QED) is 0.568. The molecule has 0 amide bonds. The van der Waals surface area contributed by atoms with Gasteiger partial charge in [0.2, 0.25) is 0 Å². The number of rotatable bonds is 0. The van der Waals surface area contributed by atoms with Gasteiger partial charge in [-0.3, -0.25) is 4.90 Å². The molecule has 2 saturated heterocycles. The van der Waals surface area contributed by atoms with Crippen molar-refractivity contribution in [2.45, 2.75) is 45.3 Å². The molecule has 2 unspecified atom stereocenters. The molecule has 2 bridgehead atoms. The van der Waals surface area contributed by atoms with Crippen LogP contribution in [0.1, 0.15) is 33.6 Å². The zero-order valence-electron chi connectivity index (χ0n) is 9.05. The maximum Gasteiger partial charge on any atom is 0.0705 e. The van der Waals surface area contributed by atoms with Crippen molar-refractivity contribution in [3.05, 3.63) is 0 Å². The van der Waals surface area contributed by atoms with Gasteiger partial charge in [0.1, 0.15) is 0 Å². The van der Waals surface area contributed by atoms with Crippen LogP contribution in [0.5, 0.6) is 0 Å². The van der Waals surface area contributed by atoms with Crippen LogP contribution in [-0.2, 0) is 4.74 Å². The van der Waals surface area contributed by atoms with Crippen molar-refractivity contribution in [2.75, 3.05) is 19.7 Å². The van der Waals surface area contributed by atoms with Crippen LogP contribution in [0.2, 0.25) is 0 Å². The van der Waals surface area contributed by atoms with E-state index in [0.29, 0.717) is 11.6 Å². The van der Waals surface area contributed by atoms with E-state index in [2.05, 4.69) is 25.7 Å². The predicted octanol–water partition coefficient (Wildman–Crippen LogP) is 1.90. The van der Waals surface area contributed by atoms with Crippen LogP contribution >= 0.6 is 0 Å². The lowest BCUT2D eigenvalue weighted by atomic mass is 10.0. The molecule has 2 aliphatic rings. The Kier molecular flexibility index (Phi) is 2.37. The average molecular weight is 183 g/mol. The number of likely N-dealkylation sites (tertiary alicyclic amines) is 1. The van der Waals surface area contributed by atoms with Gasteiger partial charge in [0.15, 0.2) is 0 Å². The summed E-state index contributed by atoms with van der Waals surface area (Å²) in [5.41, 5.74) is 0.313. The molecule has 76 valence electrons. The molecule has 2 fully saturated rings. The first-order valence-corrected chi connectivity index (χ1v) is 5.42. The third-order valence-corrected chi connectivity index (χ3v) is 3.34. The second-order valence-electron chi connectivity index (χ2n) is 5.46. The number of hydrogen-bond donors (Lipinski definition) is 0. The molecule has 13 heavy (non-hydrogen) atoms. The molecule has 0 radical (unpaired) electrons. The summed E-state index contributed by atoms with van der Waals surface area (Å²) in [5.74, 6) is 0.845. The van der Waals surface area contributed by atoms with Gasteiger partial charge in [0.05, 0.1) is 6.10 Å². The van der Waals surface area contributed by atoms with E-state index in [9.17, 15) is 0 Å². The van der Waals surface area contributed by atoms with Crippen LogP contribution in [0, 0.1) is 5.92 Å². The lowest BCUT2D eigenvalue weighted by Gasteiger charge is -2.36. The molecule has 2 atom stereocenters. The van der Waals surface area contributed by atoms with Crippen LogP contribution in [0.3, 0.4) is 0 Å². The van der Waals surface area contributed by atoms with Gasteiger partial charge in [-0.2, -0.15) is 0 Å². The predicted molar refractivity (Wildman–Crippen MR) is 53.8 cm³/mol. The van der Waals surface area contributed by atoms with Crippen molar-refractivity contribution in [2.24, 2.45) is 5.92 Å². The van der Waals surface area contributed by atoms with Crippen molar-refractivity contribution in [3.8, 4) is 0 Å². The summed E-state index contributed by atoms with van der Waals surface area (Å²) in [5, 5.41) is 0. The van der Waals surface area contributed by atoms with Gasteiger partial charge in [-0.05, 0) is 46.1 Å². The van der Waals surface area contributed by atoms with Crippen molar-refractivity contribution >= 4 is 0 Å². The van der Waals surface area contributed by atoms with E-state index in [1.807, 2.05) is 0 Å². The molecule has 2 heterocycles. The molecule has 0 aromatic rings. The lowest BCUT2D eigenvalue weighted by Crippen LogP contribution is -2.45. The third kappa shape index (κ3) is 2.05. The van der Waals surface area contributed by atoms with Crippen molar-refractivity contribution < 1.29 is 4.74 Å². The van der Waals surface area contributed by atoms with Crippen molar-refractivity contribution in [1.29, 1.82) is 0 Å². The molecule has 0 aliphatic carbocycles. The lowest BCUT2D eigenvalue weighted by molar-refractivity contribution is 0.0261. The fourth-order valence-electron chi connectivity index (χ4n) is 2.39. The summed E-state index contributed by atoms with van der Waals surface area (Å²) in [6, 6.07) is 0. The molecule has 2 rings (SSSR count). The van der Waals surface area contributed by atoms with Crippen LogP contribution in [-0.4, -0.2) is 36.2 Å². The minimum atomic E-state index is 0.313. The molecule has 2 aliphatic heterocycles. The summed E-state index contributed by atoms with van der Waals surface area (Å²) >= 11 is 0. The second-order valence-corrected chi connectivity index (χ2v) is 5.46. The van der Waals surface area contributed by atoms with E-state index >= 15 is 0 Å². The van der Waals surface area contributed by atoms with Gasteiger partial charge in [-0.1, -0.05) is 0 Å². The van der Waals surface area contributed by atoms with Crippen LogP contribution in [0.4, 0.5) is 0 Å². The first kappa shape index (κ1) is 9.47. The minimum Gasteiger partial charge on any atom is -0.377 e. The highest BCUT2D eigenvalue weighted by atomic mass is 16.5. The van der Waals surface area contributed by atoms with E-state index in [4.69, 9.17) is 4.74 Å². The van der Waals surface area contributed by atoms with Gasteiger partial charge in [0, 0.05) is 18.7 Å². The summed E-state index contributed by atoms with van der Waals surface area (Å²) in [4.78, 5) is 2.57. The highest BCUT2D eigenvalue weighted by Gasteiger charge is 2.34. The Labute approximate surface area is 81.3 Å². The molecule has 0 saturated carbocycles. The average Bonchev–Trinajstić information content (AvgIpc) is 2.27. The Bertz CT molecular complexity index is 185. The molecule has 0 aromatic carbocycles. The molecule has 2 nitrogen and oxygen atoms in total. The Morgan fingerprint density at radius 3 is 2.77 bits per heavy atom. The van der Waals surface area contributed by atoms with E-state index in [1.54, 1.807) is 0 Å². The Hall–Kier alpha value is -0.0800. The smallest absolute Gasteiger partial charge is 0.0705 e. The fourth-order valence-corrected chi connectivity index (χ4v) is 2.39. The zero-order valence-corrected chi connectivity index (χ0v) is 9.05. The molecule has 2 heteroatoms. The Balaban J connectivity index is 2.01. The monoisotopic (exact) mass is 183 g/mol. The van der Waals surface area contributed by atoms with Gasteiger partial charge < -0.3 is 4.74 Å². The topological polar surface area (TPSA) is 12.5 Å². The highest BCUT2D eigenvalue weighted by Crippen LogP contribution is 2.29. The summed E-state index contributed by atoms with van der Waals surface area (Å²) in [6.45, 7) is 10.3. The number of hydrogen-bond acceptors (Lipinski definition) is 2. The number of fused-ring (bicyclic) bond motifs is 2. The SMILES string of the molecule is CC(C)(C)N1CCC2COC(C2)C1. The minimum absolute atomic E-state index is 0.313. The van der Waals surface area contributed by atoms with E-state index < -0.39 is 0 Å². The van der Waals surface area contributed by atoms with E-state index in [-0.39, 0.29) is 0 Å². The van der Waals surface area contributed by atoms with Crippen molar-refractivity contribution in [3.63, 3.8) is 0 Å². The normalized spacial score (nSPS) is 36.2. The Morgan fingerprint density at radius 2 is 2.08 bits per heavy atom. The van der Waals surface area contributed by atoms with E-state index in [0.717, 1.165) is 19.1 Å². The number of nitrogens with zero attached hydrogens (tertiary/aromatic N) is 1. The standard InChI is InChI=1S/C11H21NO/c1-11(2,3)12-5-4-9-6-10(7-12)13-8-9/h9-10H,4-8H2,1-3H3. The van der Waals surface area contributed by atoms with Crippen LogP contribution in [0.15, 0.2) is 0 Å². The van der Waals surface area contributed by atoms with Gasteiger partial charge in [-0.15, -0.1) is 0 Å². The summed E-state index contributed by atoms with van der Waals surface area (Å²) < 4.78 is 5.74. The number of ether oxygens (including phenoxy) is 1. The maximum atomic E-state index is 5.74. The summed E-state index contributed by atoms with van der Waals surface area (Å²) in [7, 11) is 0. The van der Waals surface area contributed by atoms with Gasteiger partial charge >= 0.3 is 0 Å². The molecular weight excluding hydrogens is 162 g/mol. The van der Waals surface area contributed by atoms with Gasteiger partial charge in [-0.25, -0.2) is 0 Å². The van der Waals surface area contributed by atoms with E-state index in [1.165, 1.54) is 19.4 Å². The van der Waals surface area contributed by atoms with Crippen LogP contribution in [0.25, 0.3) is 0 Å². The van der Waals surface area contributed by atoms with Crippen molar-refractivity contribution in [1.82, 2.24) is 4.90 Å². The highest BCUT2D eigenvalue weighted by molar-refractivity contribution is 4.86. The van der Waals surface area contributed by atoms with Gasteiger partial charge in [0.25, 0.3) is 0 Å². The fraction of sp³-hybridized carbons (Fsp3) is 1.00.